The van der Waals surface area contributed by atoms with E-state index >= 15 is 0 Å². The molecular formula is C17H30N2. The molecule has 2 heteroatoms. The molecule has 0 aromatic carbocycles. The summed E-state index contributed by atoms with van der Waals surface area (Å²) < 4.78 is 0. The van der Waals surface area contributed by atoms with Crippen molar-refractivity contribution in [2.75, 3.05) is 0 Å². The summed E-state index contributed by atoms with van der Waals surface area (Å²) in [5, 5.41) is 4.54. The number of fused-ring (bicyclic) bond motifs is 1. The Morgan fingerprint density at radius 1 is 1.21 bits per heavy atom. The quantitative estimate of drug-likeness (QED) is 0.726. The van der Waals surface area contributed by atoms with E-state index in [2.05, 4.69) is 51.3 Å². The van der Waals surface area contributed by atoms with Crippen molar-refractivity contribution < 1.29 is 0 Å². The summed E-state index contributed by atoms with van der Waals surface area (Å²) in [4.78, 5) is 0. The number of nitrogens with zero attached hydrogens (tertiary/aromatic N) is 1. The Balaban J connectivity index is 2.09. The molecule has 1 N–H and O–H groups in total. The lowest BCUT2D eigenvalue weighted by atomic mass is 9.70. The summed E-state index contributed by atoms with van der Waals surface area (Å²) in [6.07, 6.45) is 8.75. The van der Waals surface area contributed by atoms with Crippen LogP contribution in [0.1, 0.15) is 66.7 Å². The van der Waals surface area contributed by atoms with E-state index in [0.29, 0.717) is 17.3 Å². The smallest absolute Gasteiger partial charge is 0.0479 e. The highest BCUT2D eigenvalue weighted by molar-refractivity contribution is 5.91. The second kappa shape index (κ2) is 5.68. The molecule has 0 radical (unpaired) electrons. The molecule has 108 valence electrons. The van der Waals surface area contributed by atoms with E-state index in [1.807, 2.05) is 0 Å². The van der Waals surface area contributed by atoms with E-state index in [4.69, 9.17) is 0 Å². The minimum Gasteiger partial charge on any atom is -0.286 e. The first-order valence-electron chi connectivity index (χ1n) is 7.91. The summed E-state index contributed by atoms with van der Waals surface area (Å²) in [6.45, 7) is 11.7. The second-order valence-electron chi connectivity index (χ2n) is 7.62. The van der Waals surface area contributed by atoms with Crippen molar-refractivity contribution in [1.29, 1.82) is 0 Å². The Hall–Kier alpha value is -0.790. The van der Waals surface area contributed by atoms with Crippen LogP contribution in [0.5, 0.6) is 0 Å². The molecule has 2 atom stereocenters. The molecule has 1 aliphatic heterocycles. The number of rotatable bonds is 1. The molecule has 1 heterocycles. The van der Waals surface area contributed by atoms with Gasteiger partial charge in [0.05, 0.1) is 0 Å². The van der Waals surface area contributed by atoms with Crippen LogP contribution >= 0.6 is 0 Å². The van der Waals surface area contributed by atoms with E-state index in [1.54, 1.807) is 5.57 Å². The lowest BCUT2D eigenvalue weighted by Gasteiger charge is -2.36. The van der Waals surface area contributed by atoms with Crippen molar-refractivity contribution >= 4 is 5.71 Å². The molecule has 0 spiro atoms. The van der Waals surface area contributed by atoms with Crippen LogP contribution in [-0.4, -0.2) is 5.71 Å². The van der Waals surface area contributed by atoms with Gasteiger partial charge in [0.15, 0.2) is 0 Å². The Morgan fingerprint density at radius 3 is 2.58 bits per heavy atom. The molecule has 0 amide bonds. The van der Waals surface area contributed by atoms with E-state index < -0.39 is 0 Å². The summed E-state index contributed by atoms with van der Waals surface area (Å²) >= 11 is 0. The first kappa shape index (κ1) is 14.6. The molecule has 0 saturated heterocycles. The van der Waals surface area contributed by atoms with Gasteiger partial charge in [-0.2, -0.15) is 5.10 Å². The fourth-order valence-electron chi connectivity index (χ4n) is 3.59. The number of hydrogen-bond donors (Lipinski definition) is 1. The molecule has 1 aliphatic carbocycles. The molecule has 2 aliphatic rings. The van der Waals surface area contributed by atoms with Crippen molar-refractivity contribution in [2.45, 2.75) is 66.7 Å². The molecule has 0 aromatic rings. The second-order valence-corrected chi connectivity index (χ2v) is 7.62. The molecule has 19 heavy (non-hydrogen) atoms. The van der Waals surface area contributed by atoms with Gasteiger partial charge in [0.25, 0.3) is 0 Å². The molecule has 2 unspecified atom stereocenters. The van der Waals surface area contributed by atoms with Gasteiger partial charge in [-0.05, 0) is 48.5 Å². The molecule has 2 rings (SSSR count). The van der Waals surface area contributed by atoms with Crippen LogP contribution in [0.3, 0.4) is 0 Å². The number of nitrogens with one attached hydrogen (secondary N) is 1. The molecular weight excluding hydrogens is 232 g/mol. The average molecular weight is 262 g/mol. The third-order valence-corrected chi connectivity index (χ3v) is 4.89. The van der Waals surface area contributed by atoms with Crippen molar-refractivity contribution in [2.24, 2.45) is 28.3 Å². The zero-order valence-corrected chi connectivity index (χ0v) is 13.3. The SMILES string of the molecule is CC(C)C1=NNC=C2CCC(C(C)(C)C)CCCC21. The molecule has 1 fully saturated rings. The summed E-state index contributed by atoms with van der Waals surface area (Å²) in [7, 11) is 0. The number of hydrogen-bond acceptors (Lipinski definition) is 2. The van der Waals surface area contributed by atoms with Crippen LogP contribution < -0.4 is 5.43 Å². The largest absolute Gasteiger partial charge is 0.286 e. The Kier molecular flexibility index (Phi) is 4.37. The molecule has 2 nitrogen and oxygen atoms in total. The number of hydrazone groups is 1. The minimum absolute atomic E-state index is 0.449. The highest BCUT2D eigenvalue weighted by Crippen LogP contribution is 2.40. The predicted molar refractivity (Wildman–Crippen MR) is 83.0 cm³/mol. The topological polar surface area (TPSA) is 24.4 Å². The zero-order chi connectivity index (χ0) is 14.0. The molecule has 0 bridgehead atoms. The summed E-state index contributed by atoms with van der Waals surface area (Å²) in [5.74, 6) is 2.02. The van der Waals surface area contributed by atoms with Crippen LogP contribution in [0.4, 0.5) is 0 Å². The molecule has 0 aromatic heterocycles. The lowest BCUT2D eigenvalue weighted by molar-refractivity contribution is 0.198. The Labute approximate surface area is 118 Å². The maximum absolute atomic E-state index is 4.54. The van der Waals surface area contributed by atoms with Gasteiger partial charge in [-0.25, -0.2) is 0 Å². The zero-order valence-electron chi connectivity index (χ0n) is 13.3. The fourth-order valence-corrected chi connectivity index (χ4v) is 3.59. The van der Waals surface area contributed by atoms with Gasteiger partial charge in [0.2, 0.25) is 0 Å². The standard InChI is InChI=1S/C17H30N2/c1-12(2)16-15-8-6-7-14(17(3,4)5)10-9-13(15)11-18-19-16/h11-12,14-15,18H,6-10H2,1-5H3. The Bertz CT molecular complexity index is 371. The van der Waals surface area contributed by atoms with Gasteiger partial charge in [-0.15, -0.1) is 0 Å². The third kappa shape index (κ3) is 3.40. The minimum atomic E-state index is 0.449. The van der Waals surface area contributed by atoms with Crippen molar-refractivity contribution in [3.8, 4) is 0 Å². The summed E-state index contributed by atoms with van der Waals surface area (Å²) in [5.41, 5.74) is 6.55. The van der Waals surface area contributed by atoms with Gasteiger partial charge in [-0.1, -0.05) is 41.0 Å². The predicted octanol–water partition coefficient (Wildman–Crippen LogP) is 4.73. The first-order chi connectivity index (χ1) is 8.89. The summed E-state index contributed by atoms with van der Waals surface area (Å²) in [6, 6.07) is 0. The van der Waals surface area contributed by atoms with Crippen LogP contribution in [0.15, 0.2) is 16.9 Å². The van der Waals surface area contributed by atoms with Gasteiger partial charge in [-0.3, -0.25) is 5.43 Å². The van der Waals surface area contributed by atoms with Crippen molar-refractivity contribution in [1.82, 2.24) is 5.43 Å². The monoisotopic (exact) mass is 262 g/mol. The average Bonchev–Trinajstić information content (AvgIpc) is 2.27. The van der Waals surface area contributed by atoms with Gasteiger partial charge in [0.1, 0.15) is 0 Å². The van der Waals surface area contributed by atoms with E-state index in [-0.39, 0.29) is 0 Å². The van der Waals surface area contributed by atoms with E-state index in [9.17, 15) is 0 Å². The van der Waals surface area contributed by atoms with E-state index in [0.717, 1.165) is 5.92 Å². The van der Waals surface area contributed by atoms with Crippen LogP contribution in [0.2, 0.25) is 0 Å². The van der Waals surface area contributed by atoms with Gasteiger partial charge in [0, 0.05) is 17.8 Å². The fraction of sp³-hybridized carbons (Fsp3) is 0.824. The Morgan fingerprint density at radius 2 is 1.95 bits per heavy atom. The molecule has 1 saturated carbocycles. The van der Waals surface area contributed by atoms with Crippen molar-refractivity contribution in [3.05, 3.63) is 11.8 Å². The van der Waals surface area contributed by atoms with Gasteiger partial charge < -0.3 is 0 Å². The van der Waals surface area contributed by atoms with Crippen molar-refractivity contribution in [3.63, 3.8) is 0 Å². The number of allylic oxidation sites excluding steroid dienone is 1. The highest BCUT2D eigenvalue weighted by atomic mass is 15.3. The third-order valence-electron chi connectivity index (χ3n) is 4.89. The van der Waals surface area contributed by atoms with Crippen LogP contribution in [0.25, 0.3) is 0 Å². The highest BCUT2D eigenvalue weighted by Gasteiger charge is 2.31. The van der Waals surface area contributed by atoms with E-state index in [1.165, 1.54) is 37.8 Å². The maximum atomic E-state index is 4.54. The van der Waals surface area contributed by atoms with Crippen LogP contribution in [-0.2, 0) is 0 Å². The lowest BCUT2D eigenvalue weighted by Crippen LogP contribution is -2.31. The van der Waals surface area contributed by atoms with Crippen LogP contribution in [0, 0.1) is 23.2 Å². The maximum Gasteiger partial charge on any atom is 0.0479 e. The normalized spacial score (nSPS) is 28.7. The first-order valence-corrected chi connectivity index (χ1v) is 7.91. The van der Waals surface area contributed by atoms with Gasteiger partial charge >= 0.3 is 0 Å².